The highest BCUT2D eigenvalue weighted by molar-refractivity contribution is 6.04. The molecule has 1 heterocycles. The molecule has 0 radical (unpaired) electrons. The van der Waals surface area contributed by atoms with Crippen LogP contribution in [0.4, 0.5) is 5.69 Å². The molecule has 2 rings (SSSR count). The number of carbonyl (C=O) groups is 2. The third kappa shape index (κ3) is 2.87. The first-order valence-electron chi connectivity index (χ1n) is 6.76. The van der Waals surface area contributed by atoms with E-state index in [2.05, 4.69) is 5.32 Å². The van der Waals surface area contributed by atoms with Gasteiger partial charge in [0.2, 0.25) is 0 Å². The molecule has 22 heavy (non-hydrogen) atoms. The van der Waals surface area contributed by atoms with Crippen molar-refractivity contribution in [2.45, 2.75) is 20.5 Å². The predicted molar refractivity (Wildman–Crippen MR) is 82.2 cm³/mol. The van der Waals surface area contributed by atoms with Gasteiger partial charge in [-0.05, 0) is 48.7 Å². The Bertz CT molecular complexity index is 747. The average molecular weight is 302 g/mol. The van der Waals surface area contributed by atoms with E-state index in [0.29, 0.717) is 5.69 Å². The molecule has 116 valence electrons. The van der Waals surface area contributed by atoms with Gasteiger partial charge in [-0.3, -0.25) is 4.79 Å². The highest BCUT2D eigenvalue weighted by Gasteiger charge is 2.17. The molecule has 0 saturated heterocycles. The summed E-state index contributed by atoms with van der Waals surface area (Å²) >= 11 is 0. The summed E-state index contributed by atoms with van der Waals surface area (Å²) in [4.78, 5) is 23.3. The second-order valence-corrected chi connectivity index (χ2v) is 5.17. The molecule has 0 aliphatic rings. The number of aliphatic hydroxyl groups is 1. The lowest BCUT2D eigenvalue weighted by molar-refractivity contribution is 0.0686. The van der Waals surface area contributed by atoms with Crippen molar-refractivity contribution in [3.63, 3.8) is 0 Å². The highest BCUT2D eigenvalue weighted by Crippen LogP contribution is 2.22. The Morgan fingerprint density at radius 2 is 1.77 bits per heavy atom. The number of nitrogens with one attached hydrogen (secondary N) is 1. The van der Waals surface area contributed by atoms with Crippen LogP contribution >= 0.6 is 0 Å². The largest absolute Gasteiger partial charge is 0.477 e. The summed E-state index contributed by atoms with van der Waals surface area (Å²) in [6.07, 6.45) is 0. The molecule has 0 saturated carbocycles. The van der Waals surface area contributed by atoms with Crippen LogP contribution in [0.1, 0.15) is 37.7 Å². The minimum absolute atomic E-state index is 0.0434. The molecule has 0 aliphatic carbocycles. The van der Waals surface area contributed by atoms with E-state index in [1.165, 1.54) is 23.7 Å². The van der Waals surface area contributed by atoms with Gasteiger partial charge in [0.25, 0.3) is 5.91 Å². The van der Waals surface area contributed by atoms with Crippen molar-refractivity contribution in [3.05, 3.63) is 52.3 Å². The predicted octanol–water partition coefficient (Wildman–Crippen LogP) is 2.08. The molecule has 0 spiro atoms. The van der Waals surface area contributed by atoms with Crippen molar-refractivity contribution >= 4 is 17.6 Å². The lowest BCUT2D eigenvalue weighted by atomic mass is 10.0. The van der Waals surface area contributed by atoms with Crippen LogP contribution in [0.3, 0.4) is 0 Å². The van der Waals surface area contributed by atoms with Gasteiger partial charge >= 0.3 is 5.97 Å². The van der Waals surface area contributed by atoms with Crippen LogP contribution in [-0.4, -0.2) is 26.7 Å². The number of carboxylic acids is 1. The summed E-state index contributed by atoms with van der Waals surface area (Å²) in [5.74, 6) is -1.48. The summed E-state index contributed by atoms with van der Waals surface area (Å²) in [6, 6.07) is 6.46. The number of rotatable bonds is 4. The van der Waals surface area contributed by atoms with E-state index < -0.39 is 11.9 Å². The molecule has 0 bridgehead atoms. The van der Waals surface area contributed by atoms with Gasteiger partial charge in [-0.1, -0.05) is 6.07 Å². The van der Waals surface area contributed by atoms with E-state index in [1.54, 1.807) is 6.07 Å². The number of hydrogen-bond acceptors (Lipinski definition) is 3. The van der Waals surface area contributed by atoms with Gasteiger partial charge in [0, 0.05) is 12.7 Å². The number of aromatic carboxylic acids is 1. The van der Waals surface area contributed by atoms with Crippen molar-refractivity contribution in [2.75, 3.05) is 5.32 Å². The van der Waals surface area contributed by atoms with E-state index in [4.69, 9.17) is 5.11 Å². The van der Waals surface area contributed by atoms with Crippen molar-refractivity contribution in [2.24, 2.45) is 7.05 Å². The lowest BCUT2D eigenvalue weighted by Gasteiger charge is -2.13. The van der Waals surface area contributed by atoms with Crippen LogP contribution in [0.5, 0.6) is 0 Å². The van der Waals surface area contributed by atoms with E-state index in [1.807, 2.05) is 19.9 Å². The summed E-state index contributed by atoms with van der Waals surface area (Å²) in [6.45, 7) is 3.64. The standard InChI is InChI=1S/C16H18N2O4/c1-9-6-10(2)12(7-11(9)8-19)17-15(20)13-4-5-14(16(21)22)18(13)3/h4-7,19H,8H2,1-3H3,(H,17,20)(H,21,22). The van der Waals surface area contributed by atoms with Gasteiger partial charge in [0.1, 0.15) is 11.4 Å². The third-order valence-electron chi connectivity index (χ3n) is 3.68. The topological polar surface area (TPSA) is 91.6 Å². The Morgan fingerprint density at radius 3 is 2.32 bits per heavy atom. The first kappa shape index (κ1) is 15.8. The van der Waals surface area contributed by atoms with Gasteiger partial charge in [0.05, 0.1) is 6.61 Å². The average Bonchev–Trinajstić information content (AvgIpc) is 2.83. The molecule has 0 aliphatic heterocycles. The van der Waals surface area contributed by atoms with Gasteiger partial charge in [-0.2, -0.15) is 0 Å². The maximum atomic E-state index is 12.3. The van der Waals surface area contributed by atoms with Crippen LogP contribution in [0.15, 0.2) is 24.3 Å². The maximum Gasteiger partial charge on any atom is 0.352 e. The highest BCUT2D eigenvalue weighted by atomic mass is 16.4. The minimum Gasteiger partial charge on any atom is -0.477 e. The normalized spacial score (nSPS) is 10.5. The van der Waals surface area contributed by atoms with E-state index in [0.717, 1.165) is 16.7 Å². The fraction of sp³-hybridized carbons (Fsp3) is 0.250. The van der Waals surface area contributed by atoms with Crippen molar-refractivity contribution in [1.82, 2.24) is 4.57 Å². The van der Waals surface area contributed by atoms with Crippen molar-refractivity contribution < 1.29 is 19.8 Å². The van der Waals surface area contributed by atoms with Gasteiger partial charge in [-0.25, -0.2) is 4.79 Å². The number of carbonyl (C=O) groups excluding carboxylic acids is 1. The fourth-order valence-corrected chi connectivity index (χ4v) is 2.34. The molecule has 0 fully saturated rings. The molecule has 6 nitrogen and oxygen atoms in total. The molecule has 2 aromatic rings. The number of aryl methyl sites for hydroxylation is 2. The monoisotopic (exact) mass is 302 g/mol. The number of nitrogens with zero attached hydrogens (tertiary/aromatic N) is 1. The second-order valence-electron chi connectivity index (χ2n) is 5.17. The summed E-state index contributed by atoms with van der Waals surface area (Å²) in [7, 11) is 1.53. The minimum atomic E-state index is -1.09. The number of aliphatic hydroxyl groups excluding tert-OH is 1. The summed E-state index contributed by atoms with van der Waals surface area (Å²) in [5, 5.41) is 21.1. The molecule has 1 aromatic carbocycles. The first-order valence-corrected chi connectivity index (χ1v) is 6.76. The first-order chi connectivity index (χ1) is 10.3. The Balaban J connectivity index is 2.31. The zero-order chi connectivity index (χ0) is 16.4. The molecule has 0 unspecified atom stereocenters. The van der Waals surface area contributed by atoms with Crippen LogP contribution < -0.4 is 5.32 Å². The Hall–Kier alpha value is -2.60. The quantitative estimate of drug-likeness (QED) is 0.806. The van der Waals surface area contributed by atoms with Crippen molar-refractivity contribution in [1.29, 1.82) is 0 Å². The smallest absolute Gasteiger partial charge is 0.352 e. The molecule has 1 aromatic heterocycles. The Morgan fingerprint density at radius 1 is 1.14 bits per heavy atom. The van der Waals surface area contributed by atoms with Crippen LogP contribution in [0.25, 0.3) is 0 Å². The zero-order valence-corrected chi connectivity index (χ0v) is 12.7. The second kappa shape index (κ2) is 6.03. The number of hydrogen-bond donors (Lipinski definition) is 3. The molecule has 6 heteroatoms. The lowest BCUT2D eigenvalue weighted by Crippen LogP contribution is -2.18. The van der Waals surface area contributed by atoms with Crippen LogP contribution in [0.2, 0.25) is 0 Å². The molecular weight excluding hydrogens is 284 g/mol. The van der Waals surface area contributed by atoms with E-state index in [-0.39, 0.29) is 18.0 Å². The summed E-state index contributed by atoms with van der Waals surface area (Å²) in [5.41, 5.74) is 3.45. The fourth-order valence-electron chi connectivity index (χ4n) is 2.34. The summed E-state index contributed by atoms with van der Waals surface area (Å²) < 4.78 is 1.33. The van der Waals surface area contributed by atoms with E-state index in [9.17, 15) is 14.7 Å². The molecule has 0 atom stereocenters. The Labute approximate surface area is 128 Å². The molecular formula is C16H18N2O4. The Kier molecular flexibility index (Phi) is 4.32. The van der Waals surface area contributed by atoms with Gasteiger partial charge < -0.3 is 20.1 Å². The van der Waals surface area contributed by atoms with Crippen molar-refractivity contribution in [3.8, 4) is 0 Å². The van der Waals surface area contributed by atoms with E-state index >= 15 is 0 Å². The number of benzene rings is 1. The van der Waals surface area contributed by atoms with Crippen LogP contribution in [0, 0.1) is 13.8 Å². The zero-order valence-electron chi connectivity index (χ0n) is 12.7. The number of carboxylic acid groups (broad SMARTS) is 1. The van der Waals surface area contributed by atoms with Gasteiger partial charge in [-0.15, -0.1) is 0 Å². The number of anilines is 1. The number of amides is 1. The van der Waals surface area contributed by atoms with Gasteiger partial charge in [0.15, 0.2) is 0 Å². The molecule has 1 amide bonds. The van der Waals surface area contributed by atoms with Crippen LogP contribution in [-0.2, 0) is 13.7 Å². The SMILES string of the molecule is Cc1cc(C)c(NC(=O)c2ccc(C(=O)O)n2C)cc1CO. The third-order valence-corrected chi connectivity index (χ3v) is 3.68. The maximum absolute atomic E-state index is 12.3. The number of aromatic nitrogens is 1. The molecule has 3 N–H and O–H groups in total.